The number of alkyl halides is 3. The second kappa shape index (κ2) is 23.8. The van der Waals surface area contributed by atoms with Gasteiger partial charge in [0.2, 0.25) is 17.5 Å². The van der Waals surface area contributed by atoms with Gasteiger partial charge >= 0.3 is 22.1 Å². The molecule has 0 saturated carbocycles. The summed E-state index contributed by atoms with van der Waals surface area (Å²) >= 11 is 1.29. The smallest absolute Gasteiger partial charge is 0.359 e. The number of hydrogen-bond donors (Lipinski definition) is 3. The summed E-state index contributed by atoms with van der Waals surface area (Å²) in [7, 11) is -11.2. The third-order valence-corrected chi connectivity index (χ3v) is 20.7. The molecule has 6 aromatic rings. The highest BCUT2D eigenvalue weighted by Gasteiger charge is 2.57. The number of aromatic nitrogens is 3. The van der Waals surface area contributed by atoms with Crippen molar-refractivity contribution < 1.29 is 70.7 Å². The molecule has 3 aromatic carbocycles. The highest BCUT2D eigenvalue weighted by molar-refractivity contribution is 7.94. The van der Waals surface area contributed by atoms with E-state index in [4.69, 9.17) is 13.9 Å². The minimum absolute atomic E-state index is 0.0584. The van der Waals surface area contributed by atoms with Crippen molar-refractivity contribution in [3.8, 4) is 0 Å². The molecule has 19 nitrogen and oxygen atoms in total. The number of hydrogen-bond acceptors (Lipinski definition) is 16. The summed E-state index contributed by atoms with van der Waals surface area (Å²) in [6, 6.07) is 22.3. The van der Waals surface area contributed by atoms with Gasteiger partial charge in [0.1, 0.15) is 39.1 Å². The monoisotopic (exact) mass is 1230 g/mol. The normalized spacial score (nSPS) is 16.6. The van der Waals surface area contributed by atoms with E-state index in [0.717, 1.165) is 30.9 Å². The van der Waals surface area contributed by atoms with Gasteiger partial charge < -0.3 is 19.7 Å². The van der Waals surface area contributed by atoms with Crippen molar-refractivity contribution in [3.05, 3.63) is 137 Å². The van der Waals surface area contributed by atoms with Crippen molar-refractivity contribution in [2.45, 2.75) is 163 Å². The number of amides is 3. The molecule has 4 heterocycles. The number of quaternary nitrogens is 1. The molecule has 3 N–H and O–H groups in total. The Morgan fingerprint density at radius 3 is 1.40 bits per heavy atom. The number of benzene rings is 3. The first-order chi connectivity index (χ1) is 37.7. The highest BCUT2D eigenvalue weighted by atomic mass is 32.2. The van der Waals surface area contributed by atoms with Crippen LogP contribution in [0.3, 0.4) is 0 Å². The van der Waals surface area contributed by atoms with Gasteiger partial charge in [0, 0.05) is 39.8 Å². The summed E-state index contributed by atoms with van der Waals surface area (Å²) in [6.07, 6.45) is -4.22. The maximum Gasteiger partial charge on any atom is 0.416 e. The van der Waals surface area contributed by atoms with Gasteiger partial charge in [-0.15, -0.1) is 11.3 Å². The fraction of sp³-hybridized carbons (Fsp3) is 0.439. The molecule has 0 aliphatic carbocycles. The standard InChI is InChI=1S/C23H28F3N3O5S.C17H22N2O4S.C17H22N2O3S2/c1-21(2,3)17-13-19(28-33-17)27-20(30)16-12-18(22(4,5)6)34-29(16,7)35(31,32)15-10-8-9-14(11-15)23(24,25)26;1-16(2,3)13-11-14(19-23-13)18-15(20)17(4,5)24(21,22)12-9-7-6-8-10-12;1-16(2,3)13-11-23-15(18-13)19-14(20)17(4,5)24(21,22)12-9-7-6-8-10-12/h8-13,18H,1-7H3;2*6-11H,1-5H3,(H,18,19,20)/p+1. The zero-order chi connectivity index (χ0) is 63.0. The zero-order valence-corrected chi connectivity index (χ0v) is 52.7. The molecule has 2 unspecified atom stereocenters. The van der Waals surface area contributed by atoms with Crippen molar-refractivity contribution in [3.63, 3.8) is 0 Å². The third kappa shape index (κ3) is 15.0. The second-order valence-electron chi connectivity index (χ2n) is 24.7. The van der Waals surface area contributed by atoms with Crippen molar-refractivity contribution in [2.24, 2.45) is 5.41 Å². The number of anilines is 3. The number of rotatable bonds is 12. The van der Waals surface area contributed by atoms with Crippen LogP contribution in [0, 0.1) is 5.41 Å². The Balaban J connectivity index is 0.000000235. The van der Waals surface area contributed by atoms with Crippen LogP contribution in [0.15, 0.2) is 138 Å². The van der Waals surface area contributed by atoms with Crippen molar-refractivity contribution in [2.75, 3.05) is 23.0 Å². The summed E-state index contributed by atoms with van der Waals surface area (Å²) < 4.78 is 124. The van der Waals surface area contributed by atoms with E-state index in [1.54, 1.807) is 63.2 Å². The summed E-state index contributed by atoms with van der Waals surface area (Å²) in [5.74, 6) is -0.762. The molecule has 0 saturated heterocycles. The molecule has 1 aliphatic heterocycles. The highest BCUT2D eigenvalue weighted by Crippen LogP contribution is 2.42. The van der Waals surface area contributed by atoms with Crippen molar-refractivity contribution in [1.29, 1.82) is 0 Å². The average Bonchev–Trinajstić information content (AvgIpc) is 3.22. The number of nitrogens with one attached hydrogen (secondary N) is 3. The molecule has 26 heteroatoms. The van der Waals surface area contributed by atoms with Crippen LogP contribution in [0.5, 0.6) is 0 Å². The first-order valence-corrected chi connectivity index (χ1v) is 31.1. The predicted molar refractivity (Wildman–Crippen MR) is 310 cm³/mol. The largest absolute Gasteiger partial charge is 0.416 e. The van der Waals surface area contributed by atoms with Crippen LogP contribution >= 0.6 is 11.3 Å². The zero-order valence-electron chi connectivity index (χ0n) is 49.4. The summed E-state index contributed by atoms with van der Waals surface area (Å²) in [5.41, 5.74) is -2.01. The van der Waals surface area contributed by atoms with Crippen LogP contribution in [-0.4, -0.2) is 85.0 Å². The molecule has 7 rings (SSSR count). The Kier molecular flexibility index (Phi) is 19.3. The van der Waals surface area contributed by atoms with Crippen LogP contribution in [0.1, 0.15) is 134 Å². The minimum Gasteiger partial charge on any atom is -0.359 e. The number of thiazole rings is 1. The quantitative estimate of drug-likeness (QED) is 0.0962. The molecule has 1 aliphatic rings. The van der Waals surface area contributed by atoms with Gasteiger partial charge in [-0.1, -0.05) is 136 Å². The Morgan fingerprint density at radius 1 is 0.566 bits per heavy atom. The lowest BCUT2D eigenvalue weighted by Crippen LogP contribution is -2.50. The molecule has 0 spiro atoms. The number of hydroxylamine groups is 2. The number of sulfonamides is 1. The maximum atomic E-state index is 13.6. The van der Waals surface area contributed by atoms with Gasteiger partial charge in [0.15, 0.2) is 36.4 Å². The summed E-state index contributed by atoms with van der Waals surface area (Å²) in [4.78, 5) is 48.2. The fourth-order valence-electron chi connectivity index (χ4n) is 7.25. The van der Waals surface area contributed by atoms with Gasteiger partial charge in [-0.3, -0.25) is 19.7 Å². The van der Waals surface area contributed by atoms with Gasteiger partial charge in [0.05, 0.1) is 21.0 Å². The molecular weight excluding hydrogens is 1160 g/mol. The van der Waals surface area contributed by atoms with E-state index < -0.39 is 89.1 Å². The van der Waals surface area contributed by atoms with Gasteiger partial charge in [0.25, 0.3) is 0 Å². The summed E-state index contributed by atoms with van der Waals surface area (Å²) in [5, 5.41) is 17.6. The molecule has 0 radical (unpaired) electrons. The number of nitrogens with zero attached hydrogens (tertiary/aromatic N) is 4. The molecule has 2 atom stereocenters. The molecule has 3 aromatic heterocycles. The first kappa shape index (κ1) is 67.2. The number of carbonyl (C=O) groups excluding carboxylic acids is 3. The Bertz CT molecular complexity index is 3550. The van der Waals surface area contributed by atoms with E-state index in [0.29, 0.717) is 22.7 Å². The maximum absolute atomic E-state index is 13.6. The van der Waals surface area contributed by atoms with E-state index in [9.17, 15) is 52.8 Å². The number of likely N-dealkylation sites (N-methyl/N-ethyl adjacent to an activating group) is 1. The lowest BCUT2D eigenvalue weighted by atomic mass is 9.89. The predicted octanol–water partition coefficient (Wildman–Crippen LogP) is 11.8. The van der Waals surface area contributed by atoms with E-state index in [2.05, 4.69) is 31.2 Å². The van der Waals surface area contributed by atoms with E-state index >= 15 is 0 Å². The Morgan fingerprint density at radius 2 is 1.00 bits per heavy atom. The second-order valence-corrected chi connectivity index (χ2v) is 32.7. The van der Waals surface area contributed by atoms with E-state index in [-0.39, 0.29) is 43.4 Å². The topological polar surface area (TPSA) is 264 Å². The van der Waals surface area contributed by atoms with Crippen LogP contribution in [0.4, 0.5) is 29.9 Å². The third-order valence-electron chi connectivity index (χ3n) is 13.1. The Labute approximate surface area is 487 Å². The number of carbonyl (C=O) groups is 3. The average molecular weight is 1230 g/mol. The molecule has 0 bridgehead atoms. The van der Waals surface area contributed by atoms with Crippen LogP contribution < -0.4 is 16.0 Å². The Hall–Kier alpha value is -6.58. The SMILES string of the molecule is CC(C)(C)c1cc(NC(=O)C(C)(C)S(=O)(=O)c2ccccc2)no1.CC(C)(C)c1cc(NC(=O)C2=CC(C(C)(C)C)O[N+]2(C)S(=O)(=O)c2cccc(C(F)(F)F)c2)no1.CC(C)(C)c1csc(NC(=O)C(C)(C)S(=O)(=O)c2ccccc2)n1. The van der Waals surface area contributed by atoms with Crippen molar-refractivity contribution in [1.82, 2.24) is 15.3 Å². The van der Waals surface area contributed by atoms with E-state index in [1.807, 2.05) is 67.7 Å². The van der Waals surface area contributed by atoms with Gasteiger partial charge in [-0.25, -0.2) is 21.8 Å². The lowest BCUT2D eigenvalue weighted by molar-refractivity contribution is -0.953. The van der Waals surface area contributed by atoms with E-state index in [1.165, 1.54) is 75.4 Å². The summed E-state index contributed by atoms with van der Waals surface area (Å²) in [6.45, 7) is 28.5. The van der Waals surface area contributed by atoms with Crippen LogP contribution in [-0.2, 0) is 71.3 Å². The lowest BCUT2D eigenvalue weighted by Gasteiger charge is -2.30. The molecule has 83 heavy (non-hydrogen) atoms. The molecular formula is C57H73F3N7O12S4+. The molecule has 452 valence electrons. The number of halogens is 3. The van der Waals surface area contributed by atoms with Crippen LogP contribution in [0.2, 0.25) is 0 Å². The van der Waals surface area contributed by atoms with Crippen LogP contribution in [0.25, 0.3) is 0 Å². The van der Waals surface area contributed by atoms with Gasteiger partial charge in [-0.05, 0) is 79.6 Å². The molecule has 3 amide bonds. The van der Waals surface area contributed by atoms with Crippen molar-refractivity contribution >= 4 is 75.5 Å². The molecule has 0 fully saturated rings. The van der Waals surface area contributed by atoms with Gasteiger partial charge in [-0.2, -0.15) is 26.4 Å². The minimum atomic E-state index is -4.75. The number of sulfone groups is 2. The fourth-order valence-corrected chi connectivity index (χ4v) is 12.5. The first-order valence-electron chi connectivity index (χ1n) is 25.8.